The van der Waals surface area contributed by atoms with Crippen molar-refractivity contribution in [2.24, 2.45) is 0 Å². The first-order valence-electron chi connectivity index (χ1n) is 10.2. The number of methoxy groups -OCH3 is 1. The largest absolute Gasteiger partial charge is 0.494 e. The normalized spacial score (nSPS) is 14.6. The van der Waals surface area contributed by atoms with Crippen molar-refractivity contribution in [1.82, 2.24) is 4.31 Å². The third-order valence-electron chi connectivity index (χ3n) is 5.24. The number of benzene rings is 2. The predicted molar refractivity (Wildman–Crippen MR) is 121 cm³/mol. The Balaban J connectivity index is 1.69. The summed E-state index contributed by atoms with van der Waals surface area (Å²) in [7, 11) is -2.25. The van der Waals surface area contributed by atoms with Crippen molar-refractivity contribution in [3.05, 3.63) is 52.1 Å². The van der Waals surface area contributed by atoms with E-state index < -0.39 is 20.9 Å². The molecule has 1 fully saturated rings. The number of nitro groups is 1. The van der Waals surface area contributed by atoms with Crippen molar-refractivity contribution < 1.29 is 22.9 Å². The number of amides is 1. The number of ether oxygens (including phenoxy) is 1. The van der Waals surface area contributed by atoms with E-state index >= 15 is 0 Å². The number of sulfonamides is 1. The maximum absolute atomic E-state index is 13.0. The van der Waals surface area contributed by atoms with Crippen LogP contribution in [0.4, 0.5) is 17.1 Å². The molecule has 1 heterocycles. The fourth-order valence-electron chi connectivity index (χ4n) is 3.51. The smallest absolute Gasteiger partial charge is 0.273 e. The molecule has 1 aliphatic heterocycles. The van der Waals surface area contributed by atoms with Gasteiger partial charge in [0, 0.05) is 24.8 Å². The molecule has 0 atom stereocenters. The van der Waals surface area contributed by atoms with E-state index in [1.54, 1.807) is 25.1 Å². The number of non-ortho nitro benzene ring substituents is 1. The average molecular weight is 463 g/mol. The zero-order valence-corrected chi connectivity index (χ0v) is 18.8. The lowest BCUT2D eigenvalue weighted by Crippen LogP contribution is -2.36. The summed E-state index contributed by atoms with van der Waals surface area (Å²) in [6, 6.07) is 8.84. The van der Waals surface area contributed by atoms with Crippen LogP contribution in [0.5, 0.6) is 5.75 Å². The zero-order chi connectivity index (χ0) is 23.3. The Labute approximate surface area is 186 Å². The van der Waals surface area contributed by atoms with Crippen molar-refractivity contribution in [3.63, 3.8) is 0 Å². The fourth-order valence-corrected chi connectivity index (χ4v) is 5.27. The number of carbonyl (C=O) groups excluding carboxylic acids is 1. The molecule has 0 radical (unpaired) electrons. The third kappa shape index (κ3) is 5.35. The second kappa shape index (κ2) is 9.96. The Morgan fingerprint density at radius 3 is 2.53 bits per heavy atom. The fraction of sp³-hybridized carbons (Fsp3) is 0.381. The Kier molecular flexibility index (Phi) is 7.31. The lowest BCUT2D eigenvalue weighted by molar-refractivity contribution is -0.384. The number of carbonyl (C=O) groups is 1. The molecule has 172 valence electrons. The Bertz CT molecular complexity index is 1110. The van der Waals surface area contributed by atoms with Crippen molar-refractivity contribution in [3.8, 4) is 5.75 Å². The Morgan fingerprint density at radius 1 is 1.16 bits per heavy atom. The molecule has 0 unspecified atom stereocenters. The number of nitrogens with zero attached hydrogens (tertiary/aromatic N) is 2. The van der Waals surface area contributed by atoms with E-state index in [0.29, 0.717) is 30.0 Å². The standard InChI is InChI=1S/C21H26N4O6S/c1-15-6-7-16(12-20(15)32(29,30)24-10-4-3-5-11-24)22-14-21(26)23-18-9-8-17(25(27)28)13-19(18)31-2/h6-9,12-13,22H,3-5,10-11,14H2,1-2H3,(H,23,26). The number of nitro benzene ring substituents is 1. The van der Waals surface area contributed by atoms with Crippen LogP contribution in [0.15, 0.2) is 41.3 Å². The SMILES string of the molecule is COc1cc([N+](=O)[O-])ccc1NC(=O)CNc1ccc(C)c(S(=O)(=O)N2CCCCC2)c1. The molecule has 11 heteroatoms. The number of rotatable bonds is 8. The van der Waals surface area contributed by atoms with Gasteiger partial charge in [0.1, 0.15) is 5.75 Å². The van der Waals surface area contributed by atoms with Gasteiger partial charge >= 0.3 is 0 Å². The van der Waals surface area contributed by atoms with Crippen LogP contribution in [-0.2, 0) is 14.8 Å². The van der Waals surface area contributed by atoms with Crippen LogP contribution in [0.3, 0.4) is 0 Å². The van der Waals surface area contributed by atoms with Crippen LogP contribution >= 0.6 is 0 Å². The van der Waals surface area contributed by atoms with Crippen molar-refractivity contribution in [1.29, 1.82) is 0 Å². The second-order valence-corrected chi connectivity index (χ2v) is 9.39. The number of aryl methyl sites for hydroxylation is 1. The van der Waals surface area contributed by atoms with Gasteiger partial charge in [0.15, 0.2) is 0 Å². The summed E-state index contributed by atoms with van der Waals surface area (Å²) in [5.74, 6) is -0.254. The molecular weight excluding hydrogens is 436 g/mol. The molecule has 2 aromatic carbocycles. The molecule has 0 aromatic heterocycles. The molecule has 1 amide bonds. The molecule has 0 aliphatic carbocycles. The first-order chi connectivity index (χ1) is 15.2. The molecule has 0 saturated carbocycles. The van der Waals surface area contributed by atoms with Crippen molar-refractivity contribution >= 4 is 33.0 Å². The zero-order valence-electron chi connectivity index (χ0n) is 18.0. The number of anilines is 2. The highest BCUT2D eigenvalue weighted by molar-refractivity contribution is 7.89. The van der Waals surface area contributed by atoms with Crippen LogP contribution < -0.4 is 15.4 Å². The third-order valence-corrected chi connectivity index (χ3v) is 7.28. The van der Waals surface area contributed by atoms with E-state index in [1.807, 2.05) is 0 Å². The number of hydrogen-bond donors (Lipinski definition) is 2. The van der Waals surface area contributed by atoms with E-state index in [-0.39, 0.29) is 22.9 Å². The molecular formula is C21H26N4O6S. The minimum atomic E-state index is -3.60. The summed E-state index contributed by atoms with van der Waals surface area (Å²) in [6.45, 7) is 2.64. The van der Waals surface area contributed by atoms with Gasteiger partial charge in [-0.3, -0.25) is 14.9 Å². The minimum Gasteiger partial charge on any atom is -0.494 e. The molecule has 1 saturated heterocycles. The quantitative estimate of drug-likeness (QED) is 0.455. The van der Waals surface area contributed by atoms with Gasteiger partial charge in [-0.05, 0) is 43.5 Å². The summed E-state index contributed by atoms with van der Waals surface area (Å²) in [5.41, 5.74) is 1.28. The highest BCUT2D eigenvalue weighted by atomic mass is 32.2. The highest BCUT2D eigenvalue weighted by Gasteiger charge is 2.27. The Morgan fingerprint density at radius 2 is 1.88 bits per heavy atom. The average Bonchev–Trinajstić information content (AvgIpc) is 2.79. The van der Waals surface area contributed by atoms with Gasteiger partial charge in [-0.25, -0.2) is 8.42 Å². The number of piperidine rings is 1. The number of hydrogen-bond acceptors (Lipinski definition) is 7. The van der Waals surface area contributed by atoms with Gasteiger partial charge in [-0.1, -0.05) is 12.5 Å². The molecule has 32 heavy (non-hydrogen) atoms. The van der Waals surface area contributed by atoms with E-state index in [1.165, 1.54) is 29.6 Å². The van der Waals surface area contributed by atoms with Gasteiger partial charge < -0.3 is 15.4 Å². The first-order valence-corrected chi connectivity index (χ1v) is 11.6. The van der Waals surface area contributed by atoms with Gasteiger partial charge in [-0.15, -0.1) is 0 Å². The van der Waals surface area contributed by atoms with Gasteiger partial charge in [-0.2, -0.15) is 4.31 Å². The molecule has 2 aromatic rings. The summed E-state index contributed by atoms with van der Waals surface area (Å²) in [4.78, 5) is 22.9. The summed E-state index contributed by atoms with van der Waals surface area (Å²) >= 11 is 0. The maximum atomic E-state index is 13.0. The van der Waals surface area contributed by atoms with Crippen LogP contribution in [0, 0.1) is 17.0 Å². The van der Waals surface area contributed by atoms with E-state index in [9.17, 15) is 23.3 Å². The summed E-state index contributed by atoms with van der Waals surface area (Å²) in [6.07, 6.45) is 2.73. The van der Waals surface area contributed by atoms with Crippen LogP contribution in [0.2, 0.25) is 0 Å². The van der Waals surface area contributed by atoms with Crippen molar-refractivity contribution in [2.45, 2.75) is 31.1 Å². The monoisotopic (exact) mass is 462 g/mol. The summed E-state index contributed by atoms with van der Waals surface area (Å²) < 4.78 is 32.7. The van der Waals surface area contributed by atoms with Gasteiger partial charge in [0.05, 0.1) is 35.2 Å². The molecule has 10 nitrogen and oxygen atoms in total. The number of nitrogens with one attached hydrogen (secondary N) is 2. The predicted octanol–water partition coefficient (Wildman–Crippen LogP) is 3.14. The van der Waals surface area contributed by atoms with Crippen LogP contribution in [-0.4, -0.2) is 50.3 Å². The van der Waals surface area contributed by atoms with E-state index in [0.717, 1.165) is 19.3 Å². The second-order valence-electron chi connectivity index (χ2n) is 7.49. The molecule has 3 rings (SSSR count). The van der Waals surface area contributed by atoms with E-state index in [2.05, 4.69) is 10.6 Å². The molecule has 0 spiro atoms. The minimum absolute atomic E-state index is 0.133. The maximum Gasteiger partial charge on any atom is 0.273 e. The van der Waals surface area contributed by atoms with Gasteiger partial charge in [0.25, 0.3) is 5.69 Å². The lowest BCUT2D eigenvalue weighted by atomic mass is 10.2. The first kappa shape index (κ1) is 23.5. The molecule has 0 bridgehead atoms. The highest BCUT2D eigenvalue weighted by Crippen LogP contribution is 2.29. The topological polar surface area (TPSA) is 131 Å². The molecule has 2 N–H and O–H groups in total. The van der Waals surface area contributed by atoms with Gasteiger partial charge in [0.2, 0.25) is 15.9 Å². The van der Waals surface area contributed by atoms with Crippen LogP contribution in [0.1, 0.15) is 24.8 Å². The summed E-state index contributed by atoms with van der Waals surface area (Å²) in [5, 5.41) is 16.5. The van der Waals surface area contributed by atoms with Crippen molar-refractivity contribution in [2.75, 3.05) is 37.4 Å². The Hall–Kier alpha value is -3.18. The van der Waals surface area contributed by atoms with Crippen LogP contribution in [0.25, 0.3) is 0 Å². The molecule has 1 aliphatic rings. The lowest BCUT2D eigenvalue weighted by Gasteiger charge is -2.26. The van der Waals surface area contributed by atoms with E-state index in [4.69, 9.17) is 4.74 Å².